The van der Waals surface area contributed by atoms with Crippen molar-refractivity contribution in [3.05, 3.63) is 90.0 Å². The Hall–Kier alpha value is -4.13. The number of benzene rings is 3. The van der Waals surface area contributed by atoms with Gasteiger partial charge in [-0.1, -0.05) is 35.5 Å². The second kappa shape index (κ2) is 9.13. The van der Waals surface area contributed by atoms with E-state index < -0.39 is 0 Å². The molecule has 1 aliphatic rings. The van der Waals surface area contributed by atoms with Crippen LogP contribution in [0.25, 0.3) is 0 Å². The van der Waals surface area contributed by atoms with Gasteiger partial charge in [0.05, 0.1) is 7.11 Å². The van der Waals surface area contributed by atoms with Crippen LogP contribution in [0.1, 0.15) is 28.4 Å². The number of rotatable bonds is 6. The molecule has 2 N–H and O–H groups in total. The molecule has 1 atom stereocenters. The summed E-state index contributed by atoms with van der Waals surface area (Å²) in [5.74, 6) is 0.140. The second-order valence-corrected chi connectivity index (χ2v) is 6.96. The van der Waals surface area contributed by atoms with E-state index in [9.17, 15) is 9.59 Å². The van der Waals surface area contributed by atoms with E-state index in [1.54, 1.807) is 55.6 Å². The summed E-state index contributed by atoms with van der Waals surface area (Å²) in [6.07, 6.45) is 0.143. The van der Waals surface area contributed by atoms with Gasteiger partial charge in [-0.3, -0.25) is 9.59 Å². The van der Waals surface area contributed by atoms with Crippen LogP contribution in [0.5, 0.6) is 5.75 Å². The number of nitrogens with one attached hydrogen (secondary N) is 2. The lowest BCUT2D eigenvalue weighted by Crippen LogP contribution is -2.22. The maximum atomic E-state index is 12.5. The van der Waals surface area contributed by atoms with Crippen molar-refractivity contribution in [2.24, 2.45) is 5.16 Å². The van der Waals surface area contributed by atoms with Crippen LogP contribution in [0, 0.1) is 0 Å². The fraction of sp³-hybridized carbons (Fsp3) is 0.125. The SMILES string of the molecule is COc1ccc(NC(=O)c2ccc(NC(=O)C3=NOC(c4ccccc4)C3)cc2)cc1. The van der Waals surface area contributed by atoms with Crippen molar-refractivity contribution >= 4 is 28.9 Å². The number of amides is 2. The van der Waals surface area contributed by atoms with Crippen molar-refractivity contribution in [1.82, 2.24) is 0 Å². The molecule has 0 bridgehead atoms. The zero-order chi connectivity index (χ0) is 21.6. The molecule has 0 radical (unpaired) electrons. The Labute approximate surface area is 179 Å². The molecular formula is C24H21N3O4. The summed E-state index contributed by atoms with van der Waals surface area (Å²) in [6.45, 7) is 0. The minimum absolute atomic E-state index is 0.248. The van der Waals surface area contributed by atoms with Crippen LogP contribution >= 0.6 is 0 Å². The molecule has 0 aliphatic carbocycles. The van der Waals surface area contributed by atoms with E-state index in [2.05, 4.69) is 15.8 Å². The first-order chi connectivity index (χ1) is 15.1. The normalized spacial score (nSPS) is 14.9. The topological polar surface area (TPSA) is 89.0 Å². The standard InChI is InChI=1S/C24H21N3O4/c1-30-20-13-11-19(12-14-20)25-23(28)17-7-9-18(10-8-17)26-24(29)21-15-22(31-27-21)16-5-3-2-4-6-16/h2-14,22H,15H2,1H3,(H,25,28)(H,26,29). The highest BCUT2D eigenvalue weighted by atomic mass is 16.6. The molecule has 0 saturated heterocycles. The third-order valence-corrected chi connectivity index (χ3v) is 4.86. The van der Waals surface area contributed by atoms with Gasteiger partial charge in [0.15, 0.2) is 6.10 Å². The fourth-order valence-corrected chi connectivity index (χ4v) is 3.14. The van der Waals surface area contributed by atoms with E-state index in [-0.39, 0.29) is 17.9 Å². The fourth-order valence-electron chi connectivity index (χ4n) is 3.14. The average Bonchev–Trinajstić information content (AvgIpc) is 3.31. The maximum Gasteiger partial charge on any atom is 0.273 e. The molecule has 0 spiro atoms. The van der Waals surface area contributed by atoms with E-state index >= 15 is 0 Å². The zero-order valence-corrected chi connectivity index (χ0v) is 16.9. The number of ether oxygens (including phenoxy) is 1. The Balaban J connectivity index is 1.33. The molecule has 7 nitrogen and oxygen atoms in total. The zero-order valence-electron chi connectivity index (χ0n) is 16.9. The highest BCUT2D eigenvalue weighted by Crippen LogP contribution is 2.27. The third-order valence-electron chi connectivity index (χ3n) is 4.86. The Kier molecular flexibility index (Phi) is 5.93. The van der Waals surface area contributed by atoms with Gasteiger partial charge in [-0.2, -0.15) is 0 Å². The molecule has 2 amide bonds. The molecule has 1 unspecified atom stereocenters. The Morgan fingerprint density at radius 3 is 2.13 bits per heavy atom. The summed E-state index contributed by atoms with van der Waals surface area (Å²) in [6, 6.07) is 23.3. The van der Waals surface area contributed by atoms with Crippen molar-refractivity contribution in [1.29, 1.82) is 0 Å². The molecule has 4 rings (SSSR count). The van der Waals surface area contributed by atoms with Crippen molar-refractivity contribution < 1.29 is 19.2 Å². The monoisotopic (exact) mass is 415 g/mol. The molecule has 1 aliphatic heterocycles. The van der Waals surface area contributed by atoms with E-state index in [1.165, 1.54) is 0 Å². The van der Waals surface area contributed by atoms with Gasteiger partial charge in [0, 0.05) is 23.4 Å². The Morgan fingerprint density at radius 2 is 1.48 bits per heavy atom. The van der Waals surface area contributed by atoms with E-state index in [0.717, 1.165) is 5.56 Å². The minimum atomic E-state index is -0.325. The number of methoxy groups -OCH3 is 1. The molecule has 31 heavy (non-hydrogen) atoms. The quantitative estimate of drug-likeness (QED) is 0.624. The van der Waals surface area contributed by atoms with Gasteiger partial charge in [-0.15, -0.1) is 0 Å². The lowest BCUT2D eigenvalue weighted by atomic mass is 10.0. The summed E-state index contributed by atoms with van der Waals surface area (Å²) >= 11 is 0. The molecule has 156 valence electrons. The third kappa shape index (κ3) is 4.90. The number of carbonyl (C=O) groups excluding carboxylic acids is 2. The van der Waals surface area contributed by atoms with Gasteiger partial charge in [0.25, 0.3) is 11.8 Å². The number of hydrogen-bond donors (Lipinski definition) is 2. The van der Waals surface area contributed by atoms with Gasteiger partial charge >= 0.3 is 0 Å². The summed E-state index contributed by atoms with van der Waals surface area (Å²) in [4.78, 5) is 30.3. The lowest BCUT2D eigenvalue weighted by Gasteiger charge is -2.08. The number of anilines is 2. The van der Waals surface area contributed by atoms with Crippen LogP contribution in [0.2, 0.25) is 0 Å². The smallest absolute Gasteiger partial charge is 0.273 e. The summed E-state index contributed by atoms with van der Waals surface area (Å²) in [5, 5.41) is 9.53. The van der Waals surface area contributed by atoms with Crippen molar-refractivity contribution in [2.45, 2.75) is 12.5 Å². The van der Waals surface area contributed by atoms with Crippen molar-refractivity contribution in [3.8, 4) is 5.75 Å². The van der Waals surface area contributed by atoms with Crippen LogP contribution in [0.4, 0.5) is 11.4 Å². The van der Waals surface area contributed by atoms with E-state index in [0.29, 0.717) is 34.8 Å². The highest BCUT2D eigenvalue weighted by molar-refractivity contribution is 6.43. The predicted octanol–water partition coefficient (Wildman–Crippen LogP) is 4.40. The van der Waals surface area contributed by atoms with Gasteiger partial charge < -0.3 is 20.2 Å². The highest BCUT2D eigenvalue weighted by Gasteiger charge is 2.27. The summed E-state index contributed by atoms with van der Waals surface area (Å²) < 4.78 is 5.11. The van der Waals surface area contributed by atoms with Crippen molar-refractivity contribution in [2.75, 3.05) is 17.7 Å². The molecule has 7 heteroatoms. The van der Waals surface area contributed by atoms with Gasteiger partial charge in [-0.05, 0) is 54.1 Å². The molecule has 3 aromatic carbocycles. The predicted molar refractivity (Wildman–Crippen MR) is 118 cm³/mol. The van der Waals surface area contributed by atoms with Crippen LogP contribution in [-0.2, 0) is 9.63 Å². The molecule has 0 fully saturated rings. The lowest BCUT2D eigenvalue weighted by molar-refractivity contribution is -0.110. The summed E-state index contributed by atoms with van der Waals surface area (Å²) in [5.41, 5.74) is 3.00. The number of hydrogen-bond acceptors (Lipinski definition) is 5. The number of oxime groups is 1. The first-order valence-corrected chi connectivity index (χ1v) is 9.77. The summed E-state index contributed by atoms with van der Waals surface area (Å²) in [7, 11) is 1.59. The Morgan fingerprint density at radius 1 is 0.871 bits per heavy atom. The van der Waals surface area contributed by atoms with Crippen LogP contribution in [-0.4, -0.2) is 24.6 Å². The van der Waals surface area contributed by atoms with Crippen LogP contribution in [0.3, 0.4) is 0 Å². The van der Waals surface area contributed by atoms with Crippen LogP contribution in [0.15, 0.2) is 84.0 Å². The number of carbonyl (C=O) groups is 2. The van der Waals surface area contributed by atoms with Gasteiger partial charge in [-0.25, -0.2) is 0 Å². The molecule has 3 aromatic rings. The molecule has 0 saturated carbocycles. The van der Waals surface area contributed by atoms with Crippen molar-refractivity contribution in [3.63, 3.8) is 0 Å². The minimum Gasteiger partial charge on any atom is -0.497 e. The maximum absolute atomic E-state index is 12.5. The first kappa shape index (κ1) is 20.2. The molecule has 1 heterocycles. The van der Waals surface area contributed by atoms with Gasteiger partial charge in [0.2, 0.25) is 0 Å². The first-order valence-electron chi connectivity index (χ1n) is 9.77. The van der Waals surface area contributed by atoms with Crippen LogP contribution < -0.4 is 15.4 Å². The Bertz CT molecular complexity index is 1090. The molecular weight excluding hydrogens is 394 g/mol. The van der Waals surface area contributed by atoms with Gasteiger partial charge in [0.1, 0.15) is 11.5 Å². The molecule has 0 aromatic heterocycles. The average molecular weight is 415 g/mol. The largest absolute Gasteiger partial charge is 0.497 e. The number of nitrogens with zero attached hydrogens (tertiary/aromatic N) is 1. The second-order valence-electron chi connectivity index (χ2n) is 6.96. The van der Waals surface area contributed by atoms with E-state index in [4.69, 9.17) is 9.57 Å². The van der Waals surface area contributed by atoms with E-state index in [1.807, 2.05) is 30.3 Å².